The quantitative estimate of drug-likeness (QED) is 0.782. The van der Waals surface area contributed by atoms with Gasteiger partial charge in [0.2, 0.25) is 5.91 Å². The van der Waals surface area contributed by atoms with E-state index in [4.69, 9.17) is 0 Å². The van der Waals surface area contributed by atoms with Gasteiger partial charge in [-0.1, -0.05) is 0 Å². The van der Waals surface area contributed by atoms with Gasteiger partial charge in [0, 0.05) is 45.1 Å². The number of alkyl halides is 3. The minimum Gasteiger partial charge on any atom is -0.362 e. The predicted octanol–water partition coefficient (Wildman–Crippen LogP) is 1.52. The van der Waals surface area contributed by atoms with Crippen molar-refractivity contribution in [3.63, 3.8) is 0 Å². The molecule has 2 rings (SSSR count). The average molecular weight is 348 g/mol. The molecule has 0 unspecified atom stereocenters. The topological polar surface area (TPSA) is 50.6 Å². The van der Waals surface area contributed by atoms with E-state index in [9.17, 15) is 18.0 Å². The molecule has 1 amide bonds. The second-order valence-electron chi connectivity index (χ2n) is 5.75. The van der Waals surface area contributed by atoms with Gasteiger partial charge < -0.3 is 14.2 Å². The second-order valence-corrected chi connectivity index (χ2v) is 5.75. The zero-order chi connectivity index (χ0) is 17.6. The van der Waals surface area contributed by atoms with Crippen molar-refractivity contribution in [3.05, 3.63) is 18.2 Å². The van der Waals surface area contributed by atoms with Gasteiger partial charge in [0.15, 0.2) is 0 Å². The number of ether oxygens (including phenoxy) is 1. The number of hydrogen-bond donors (Lipinski definition) is 0. The number of halogens is 3. The summed E-state index contributed by atoms with van der Waals surface area (Å²) in [6, 6.07) is 0. The lowest BCUT2D eigenvalue weighted by Crippen LogP contribution is -2.38. The molecule has 0 saturated carbocycles. The lowest BCUT2D eigenvalue weighted by Gasteiger charge is -2.22. The molecule has 1 aromatic rings. The average Bonchev–Trinajstić information content (AvgIpc) is 2.82. The molecular weight excluding hydrogens is 325 g/mol. The van der Waals surface area contributed by atoms with Gasteiger partial charge in [0.05, 0.1) is 6.54 Å². The summed E-state index contributed by atoms with van der Waals surface area (Å²) in [6.45, 7) is 4.20. The van der Waals surface area contributed by atoms with Crippen LogP contribution in [-0.4, -0.2) is 70.8 Å². The first kappa shape index (κ1) is 18.7. The highest BCUT2D eigenvalue weighted by Crippen LogP contribution is 2.14. The van der Waals surface area contributed by atoms with Crippen molar-refractivity contribution in [1.82, 2.24) is 19.4 Å². The van der Waals surface area contributed by atoms with E-state index in [-0.39, 0.29) is 0 Å². The molecule has 1 saturated heterocycles. The maximum absolute atomic E-state index is 12.0. The monoisotopic (exact) mass is 348 g/mol. The fraction of sp³-hybridized carbons (Fsp3) is 0.733. The Labute approximate surface area is 139 Å². The highest BCUT2D eigenvalue weighted by atomic mass is 19.4. The maximum Gasteiger partial charge on any atom is 0.411 e. The first-order valence-electron chi connectivity index (χ1n) is 8.03. The molecule has 0 spiro atoms. The predicted molar refractivity (Wildman–Crippen MR) is 81.2 cm³/mol. The lowest BCUT2D eigenvalue weighted by molar-refractivity contribution is -0.177. The molecule has 0 radical (unpaired) electrons. The number of nitrogens with zero attached hydrogens (tertiary/aromatic N) is 4. The highest BCUT2D eigenvalue weighted by molar-refractivity contribution is 5.77. The molecule has 1 aliphatic rings. The zero-order valence-corrected chi connectivity index (χ0v) is 13.8. The molecule has 1 aliphatic heterocycles. The summed E-state index contributed by atoms with van der Waals surface area (Å²) in [6.07, 6.45) is 0.0698. The molecule has 6 nitrogen and oxygen atoms in total. The molecule has 2 heterocycles. The third kappa shape index (κ3) is 5.79. The number of imidazole rings is 1. The summed E-state index contributed by atoms with van der Waals surface area (Å²) in [4.78, 5) is 20.1. The van der Waals surface area contributed by atoms with E-state index in [1.54, 1.807) is 11.1 Å². The lowest BCUT2D eigenvalue weighted by atomic mass is 10.3. The number of aryl methyl sites for hydroxylation is 1. The van der Waals surface area contributed by atoms with Crippen LogP contribution in [0.5, 0.6) is 0 Å². The first-order valence-corrected chi connectivity index (χ1v) is 8.03. The van der Waals surface area contributed by atoms with Crippen LogP contribution < -0.4 is 0 Å². The van der Waals surface area contributed by atoms with Crippen molar-refractivity contribution >= 4 is 5.91 Å². The van der Waals surface area contributed by atoms with Crippen LogP contribution in [0.15, 0.2) is 12.4 Å². The summed E-state index contributed by atoms with van der Waals surface area (Å²) in [5.41, 5.74) is 0. The van der Waals surface area contributed by atoms with Gasteiger partial charge in [-0.2, -0.15) is 13.2 Å². The molecule has 24 heavy (non-hydrogen) atoms. The number of aromatic nitrogens is 2. The van der Waals surface area contributed by atoms with Gasteiger partial charge in [0.25, 0.3) is 0 Å². The van der Waals surface area contributed by atoms with Crippen LogP contribution in [0, 0.1) is 0 Å². The van der Waals surface area contributed by atoms with Crippen LogP contribution in [0.4, 0.5) is 13.2 Å². The Morgan fingerprint density at radius 2 is 2.08 bits per heavy atom. The molecule has 9 heteroatoms. The molecule has 0 N–H and O–H groups in total. The van der Waals surface area contributed by atoms with E-state index >= 15 is 0 Å². The number of carbonyl (C=O) groups is 1. The zero-order valence-electron chi connectivity index (χ0n) is 13.8. The third-order valence-electron chi connectivity index (χ3n) is 3.94. The first-order chi connectivity index (χ1) is 11.4. The van der Waals surface area contributed by atoms with Crippen molar-refractivity contribution in [3.8, 4) is 0 Å². The maximum atomic E-state index is 12.0. The van der Waals surface area contributed by atoms with Gasteiger partial charge in [-0.3, -0.25) is 9.69 Å². The van der Waals surface area contributed by atoms with Gasteiger partial charge in [0.1, 0.15) is 19.0 Å². The Bertz CT molecular complexity index is 533. The molecule has 0 atom stereocenters. The largest absolute Gasteiger partial charge is 0.411 e. The molecule has 1 aromatic heterocycles. The van der Waals surface area contributed by atoms with Crippen molar-refractivity contribution in [1.29, 1.82) is 0 Å². The number of carbonyl (C=O) groups excluding carboxylic acids is 1. The number of amides is 1. The summed E-state index contributed by atoms with van der Waals surface area (Å²) in [7, 11) is 0. The van der Waals surface area contributed by atoms with Crippen LogP contribution in [0.3, 0.4) is 0 Å². The molecule has 1 fully saturated rings. The Hall–Kier alpha value is -1.61. The standard InChI is InChI=1S/C15H23F3N4O2/c1-2-21-7-4-19-13(21)10-20-5-3-6-22(9-8-20)14(23)11-24-12-15(16,17)18/h4,7H,2-3,5-6,8-12H2,1H3. The van der Waals surface area contributed by atoms with Crippen molar-refractivity contribution in [2.75, 3.05) is 39.4 Å². The Balaban J connectivity index is 1.78. The molecular formula is C15H23F3N4O2. The van der Waals surface area contributed by atoms with E-state index in [1.807, 2.05) is 6.20 Å². The second kappa shape index (κ2) is 8.48. The highest BCUT2D eigenvalue weighted by Gasteiger charge is 2.28. The SMILES string of the molecule is CCn1ccnc1CN1CCCN(C(=O)COCC(F)(F)F)CC1. The smallest absolute Gasteiger partial charge is 0.362 e. The van der Waals surface area contributed by atoms with Crippen molar-refractivity contribution in [2.24, 2.45) is 0 Å². The normalized spacial score (nSPS) is 17.1. The summed E-state index contributed by atoms with van der Waals surface area (Å²) >= 11 is 0. The summed E-state index contributed by atoms with van der Waals surface area (Å²) in [5, 5.41) is 0. The Morgan fingerprint density at radius 1 is 1.29 bits per heavy atom. The van der Waals surface area contributed by atoms with Crippen molar-refractivity contribution < 1.29 is 22.7 Å². The van der Waals surface area contributed by atoms with E-state index in [2.05, 4.69) is 26.1 Å². The Kier molecular flexibility index (Phi) is 6.61. The van der Waals surface area contributed by atoms with Crippen LogP contribution in [0.2, 0.25) is 0 Å². The molecule has 0 aromatic carbocycles. The molecule has 136 valence electrons. The van der Waals surface area contributed by atoms with E-state index in [1.165, 1.54) is 0 Å². The molecule has 0 aliphatic carbocycles. The van der Waals surface area contributed by atoms with Crippen LogP contribution in [-0.2, 0) is 22.6 Å². The van der Waals surface area contributed by atoms with Crippen LogP contribution in [0.1, 0.15) is 19.2 Å². The third-order valence-corrected chi connectivity index (χ3v) is 3.94. The van der Waals surface area contributed by atoms with E-state index < -0.39 is 25.3 Å². The van der Waals surface area contributed by atoms with Gasteiger partial charge >= 0.3 is 6.18 Å². The summed E-state index contributed by atoms with van der Waals surface area (Å²) < 4.78 is 42.6. The fourth-order valence-electron chi connectivity index (χ4n) is 2.70. The number of rotatable bonds is 6. The number of hydrogen-bond acceptors (Lipinski definition) is 4. The van der Waals surface area contributed by atoms with Gasteiger partial charge in [-0.25, -0.2) is 4.98 Å². The minimum absolute atomic E-state index is 0.392. The Morgan fingerprint density at radius 3 is 2.79 bits per heavy atom. The van der Waals surface area contributed by atoms with Gasteiger partial charge in [-0.05, 0) is 13.3 Å². The minimum atomic E-state index is -4.41. The summed E-state index contributed by atoms with van der Waals surface area (Å²) in [5.74, 6) is 0.585. The van der Waals surface area contributed by atoms with E-state index in [0.717, 1.165) is 25.3 Å². The van der Waals surface area contributed by atoms with Gasteiger partial charge in [-0.15, -0.1) is 0 Å². The van der Waals surface area contributed by atoms with Crippen molar-refractivity contribution in [2.45, 2.75) is 32.6 Å². The van der Waals surface area contributed by atoms with E-state index in [0.29, 0.717) is 26.2 Å². The molecule has 0 bridgehead atoms. The fourth-order valence-corrected chi connectivity index (χ4v) is 2.70. The van der Waals surface area contributed by atoms with Crippen LogP contribution >= 0.6 is 0 Å². The van der Waals surface area contributed by atoms with Crippen LogP contribution in [0.25, 0.3) is 0 Å².